The molecule has 0 saturated carbocycles. The molecule has 2 heterocycles. The maximum atomic E-state index is 12.1. The molecule has 0 atom stereocenters. The van der Waals surface area contributed by atoms with Gasteiger partial charge in [-0.2, -0.15) is 5.10 Å². The number of hydrogen-bond donors (Lipinski definition) is 2. The first-order chi connectivity index (χ1) is 9.13. The molecule has 6 heteroatoms. The number of carboxylic acids is 1. The zero-order valence-electron chi connectivity index (χ0n) is 9.75. The molecule has 94 valence electrons. The van der Waals surface area contributed by atoms with E-state index >= 15 is 0 Å². The van der Waals surface area contributed by atoms with E-state index in [1.807, 2.05) is 0 Å². The Kier molecular flexibility index (Phi) is 2.25. The van der Waals surface area contributed by atoms with Crippen LogP contribution in [-0.4, -0.2) is 25.8 Å². The summed E-state index contributed by atoms with van der Waals surface area (Å²) in [7, 11) is 0. The molecule has 0 fully saturated rings. The van der Waals surface area contributed by atoms with Gasteiger partial charge in [-0.3, -0.25) is 4.79 Å². The van der Waals surface area contributed by atoms with Crippen LogP contribution in [0.4, 0.5) is 0 Å². The molecule has 0 saturated heterocycles. The summed E-state index contributed by atoms with van der Waals surface area (Å²) in [6.07, 6.45) is 3.07. The average Bonchev–Trinajstić information content (AvgIpc) is 2.79. The van der Waals surface area contributed by atoms with Crippen molar-refractivity contribution in [2.45, 2.75) is 0 Å². The third kappa shape index (κ3) is 1.46. The van der Waals surface area contributed by atoms with Gasteiger partial charge in [0.1, 0.15) is 0 Å². The highest BCUT2D eigenvalue weighted by Gasteiger charge is 2.22. The number of benzene rings is 1. The average molecular weight is 255 g/mol. The monoisotopic (exact) mass is 255 g/mol. The van der Waals surface area contributed by atoms with Gasteiger partial charge in [0, 0.05) is 24.0 Å². The van der Waals surface area contributed by atoms with Gasteiger partial charge in [0.05, 0.1) is 16.6 Å². The molecule has 0 spiro atoms. The highest BCUT2D eigenvalue weighted by molar-refractivity contribution is 6.06. The Bertz CT molecular complexity index is 844. The molecule has 2 N–H and O–H groups in total. The first-order valence-electron chi connectivity index (χ1n) is 5.52. The quantitative estimate of drug-likeness (QED) is 0.728. The van der Waals surface area contributed by atoms with E-state index in [4.69, 9.17) is 5.11 Å². The number of pyridine rings is 1. The van der Waals surface area contributed by atoms with Crippen molar-refractivity contribution in [1.29, 1.82) is 0 Å². The van der Waals surface area contributed by atoms with E-state index in [9.17, 15) is 9.59 Å². The van der Waals surface area contributed by atoms with E-state index in [-0.39, 0.29) is 16.5 Å². The zero-order chi connectivity index (χ0) is 13.6. The Morgan fingerprint density at radius 1 is 1.53 bits per heavy atom. The van der Waals surface area contributed by atoms with Gasteiger partial charge < -0.3 is 10.1 Å². The summed E-state index contributed by atoms with van der Waals surface area (Å²) in [5.74, 6) is -1.23. The number of fused-ring (bicyclic) bond motifs is 3. The summed E-state index contributed by atoms with van der Waals surface area (Å²) in [5.41, 5.74) is 1.16. The van der Waals surface area contributed by atoms with Gasteiger partial charge in [-0.05, 0) is 12.1 Å². The summed E-state index contributed by atoms with van der Waals surface area (Å²) in [6, 6.07) is 4.94. The van der Waals surface area contributed by atoms with Gasteiger partial charge in [-0.1, -0.05) is 6.58 Å². The fourth-order valence-corrected chi connectivity index (χ4v) is 2.19. The molecule has 0 aromatic carbocycles. The molecule has 0 amide bonds. The minimum Gasteiger partial charge on any atom is -0.476 e. The van der Waals surface area contributed by atoms with E-state index in [1.54, 1.807) is 18.3 Å². The lowest BCUT2D eigenvalue weighted by Gasteiger charge is -2.06. The molecule has 2 aliphatic rings. The molecule has 3 rings (SSSR count). The number of H-pyrrole nitrogens is 1. The Labute approximate surface area is 106 Å². The number of carboxylic acid groups (broad SMARTS) is 1. The number of carbonyl (C=O) groups is 1. The van der Waals surface area contributed by atoms with Crippen LogP contribution >= 0.6 is 0 Å². The van der Waals surface area contributed by atoms with E-state index in [0.717, 1.165) is 5.56 Å². The Morgan fingerprint density at radius 2 is 2.32 bits per heavy atom. The SMILES string of the molecule is C=Cn1nc(C(=O)O)c2c(=O)cc3[nH]cccc-3c21. The first-order valence-corrected chi connectivity index (χ1v) is 5.52. The summed E-state index contributed by atoms with van der Waals surface area (Å²) in [4.78, 5) is 26.2. The number of rotatable bonds is 2. The standard InChI is InChI=1S/C13H9N3O3/c1-2-16-12-7-4-3-5-14-8(7)6-9(17)10(12)11(15-16)13(18)19/h2-6,14H,1H2,(H,18,19). The molecular formula is C13H9N3O3. The number of hydrogen-bond acceptors (Lipinski definition) is 3. The highest BCUT2D eigenvalue weighted by atomic mass is 16.4. The second-order valence-corrected chi connectivity index (χ2v) is 4.01. The van der Waals surface area contributed by atoms with E-state index in [0.29, 0.717) is 11.2 Å². The smallest absolute Gasteiger partial charge is 0.357 e. The van der Waals surface area contributed by atoms with E-state index in [2.05, 4.69) is 16.7 Å². The maximum absolute atomic E-state index is 12.1. The molecule has 1 aromatic rings. The van der Waals surface area contributed by atoms with Crippen molar-refractivity contribution in [3.63, 3.8) is 0 Å². The molecule has 1 aliphatic carbocycles. The fraction of sp³-hybridized carbons (Fsp3) is 0. The third-order valence-electron chi connectivity index (χ3n) is 2.95. The van der Waals surface area contributed by atoms with E-state index in [1.165, 1.54) is 16.9 Å². The number of aromatic amines is 1. The van der Waals surface area contributed by atoms with Crippen LogP contribution in [0.5, 0.6) is 0 Å². The summed E-state index contributed by atoms with van der Waals surface area (Å²) >= 11 is 0. The van der Waals surface area contributed by atoms with Crippen molar-refractivity contribution in [2.24, 2.45) is 0 Å². The summed E-state index contributed by atoms with van der Waals surface area (Å²) in [5, 5.41) is 13.1. The highest BCUT2D eigenvalue weighted by Crippen LogP contribution is 2.28. The Hall–Kier alpha value is -2.89. The van der Waals surface area contributed by atoms with Crippen LogP contribution in [0.25, 0.3) is 28.4 Å². The van der Waals surface area contributed by atoms with Gasteiger partial charge in [0.2, 0.25) is 0 Å². The predicted octanol–water partition coefficient (Wildman–Crippen LogP) is 1.63. The maximum Gasteiger partial charge on any atom is 0.357 e. The van der Waals surface area contributed by atoms with Crippen LogP contribution in [0, 0.1) is 0 Å². The number of nitrogens with zero attached hydrogens (tertiary/aromatic N) is 2. The van der Waals surface area contributed by atoms with Crippen LogP contribution in [0.15, 0.2) is 35.8 Å². The van der Waals surface area contributed by atoms with E-state index < -0.39 is 5.97 Å². The normalized spacial score (nSPS) is 10.9. The summed E-state index contributed by atoms with van der Waals surface area (Å²) in [6.45, 7) is 3.59. The number of aromatic nitrogens is 3. The van der Waals surface area contributed by atoms with Gasteiger partial charge in [-0.25, -0.2) is 9.48 Å². The lowest BCUT2D eigenvalue weighted by Crippen LogP contribution is -2.07. The van der Waals surface area contributed by atoms with Crippen molar-refractivity contribution in [1.82, 2.24) is 14.8 Å². The first kappa shape index (κ1) is 11.2. The predicted molar refractivity (Wildman–Crippen MR) is 70.3 cm³/mol. The molecule has 0 bridgehead atoms. The lowest BCUT2D eigenvalue weighted by molar-refractivity contribution is 0.0692. The molecule has 1 aromatic heterocycles. The largest absolute Gasteiger partial charge is 0.476 e. The van der Waals surface area contributed by atoms with Gasteiger partial charge in [0.15, 0.2) is 11.1 Å². The van der Waals surface area contributed by atoms with Crippen LogP contribution in [0.3, 0.4) is 0 Å². The Balaban J connectivity index is 2.64. The van der Waals surface area contributed by atoms with Gasteiger partial charge >= 0.3 is 5.97 Å². The minimum absolute atomic E-state index is 0.0968. The second kappa shape index (κ2) is 3.81. The number of aromatic carboxylic acids is 1. The minimum atomic E-state index is -1.23. The van der Waals surface area contributed by atoms with Crippen molar-refractivity contribution in [3.8, 4) is 11.3 Å². The fourth-order valence-electron chi connectivity index (χ4n) is 2.19. The zero-order valence-corrected chi connectivity index (χ0v) is 9.75. The van der Waals surface area contributed by atoms with Crippen LogP contribution in [0.2, 0.25) is 0 Å². The molecular weight excluding hydrogens is 246 g/mol. The number of nitrogens with one attached hydrogen (secondary N) is 1. The molecule has 19 heavy (non-hydrogen) atoms. The van der Waals surface area contributed by atoms with Crippen molar-refractivity contribution in [3.05, 3.63) is 46.9 Å². The molecule has 6 nitrogen and oxygen atoms in total. The van der Waals surface area contributed by atoms with Crippen molar-refractivity contribution >= 4 is 23.1 Å². The third-order valence-corrected chi connectivity index (χ3v) is 2.95. The molecule has 0 unspecified atom stereocenters. The Morgan fingerprint density at radius 3 is 3.00 bits per heavy atom. The van der Waals surface area contributed by atoms with Crippen LogP contribution in [-0.2, 0) is 0 Å². The summed E-state index contributed by atoms with van der Waals surface area (Å²) < 4.78 is 1.32. The van der Waals surface area contributed by atoms with Crippen LogP contribution < -0.4 is 5.43 Å². The molecule has 1 aliphatic heterocycles. The van der Waals surface area contributed by atoms with Gasteiger partial charge in [-0.15, -0.1) is 0 Å². The topological polar surface area (TPSA) is 88.0 Å². The lowest BCUT2D eigenvalue weighted by atomic mass is 10.0. The molecule has 0 radical (unpaired) electrons. The second-order valence-electron chi connectivity index (χ2n) is 4.01. The van der Waals surface area contributed by atoms with Crippen LogP contribution in [0.1, 0.15) is 10.5 Å². The van der Waals surface area contributed by atoms with Crippen molar-refractivity contribution < 1.29 is 9.90 Å². The van der Waals surface area contributed by atoms with Gasteiger partial charge in [0.25, 0.3) is 0 Å². The van der Waals surface area contributed by atoms with Crippen molar-refractivity contribution in [2.75, 3.05) is 0 Å².